The first kappa shape index (κ1) is 41.8. The lowest BCUT2D eigenvalue weighted by molar-refractivity contribution is -0.468. The van der Waals surface area contributed by atoms with E-state index >= 15 is 0 Å². The molecule has 14 nitrogen and oxygen atoms in total. The van der Waals surface area contributed by atoms with Gasteiger partial charge in [0.05, 0.1) is 41.2 Å². The number of carbonyl (C=O) groups is 4. The number of halogens is 3. The highest BCUT2D eigenvalue weighted by molar-refractivity contribution is 7.80. The van der Waals surface area contributed by atoms with Crippen molar-refractivity contribution < 1.29 is 41.7 Å². The molecule has 1 aromatic carbocycles. The Morgan fingerprint density at radius 3 is 2.44 bits per heavy atom. The number of nitrogens with zero attached hydrogens (tertiary/aromatic N) is 7. The number of nitrogens with one attached hydrogen (secondary N) is 2. The van der Waals surface area contributed by atoms with Crippen LogP contribution >= 0.6 is 12.2 Å². The smallest absolute Gasteiger partial charge is 0.378 e. The average molecular weight is 811 g/mol. The minimum absolute atomic E-state index is 0.0251. The molecule has 1 aliphatic carbocycles. The Hall–Kier alpha value is -4.83. The Labute approximate surface area is 334 Å². The molecule has 2 atom stereocenters. The fourth-order valence-electron chi connectivity index (χ4n) is 8.18. The van der Waals surface area contributed by atoms with Gasteiger partial charge >= 0.3 is 23.2 Å². The first-order valence-electron chi connectivity index (χ1n) is 19.1. The molecular weight excluding hydrogens is 764 g/mol. The van der Waals surface area contributed by atoms with Crippen LogP contribution in [0.2, 0.25) is 0 Å². The second-order valence-corrected chi connectivity index (χ2v) is 15.8. The van der Waals surface area contributed by atoms with Crippen LogP contribution < -0.4 is 20.4 Å². The lowest BCUT2D eigenvalue weighted by atomic mass is 9.93. The predicted octanol–water partition coefficient (Wildman–Crippen LogP) is 4.66. The van der Waals surface area contributed by atoms with E-state index in [2.05, 4.69) is 39.3 Å². The van der Waals surface area contributed by atoms with Crippen LogP contribution in [0.3, 0.4) is 0 Å². The number of benzene rings is 1. The van der Waals surface area contributed by atoms with Crippen molar-refractivity contribution in [3.8, 4) is 6.07 Å². The number of alkyl halides is 3. The molecular formula is C39H47F3N9O5S+. The quantitative estimate of drug-likeness (QED) is 0.197. The number of rotatable bonds is 10. The van der Waals surface area contributed by atoms with Crippen molar-refractivity contribution in [1.82, 2.24) is 20.1 Å². The Kier molecular flexibility index (Phi) is 12.4. The van der Waals surface area contributed by atoms with Gasteiger partial charge in [-0.15, -0.1) is 4.90 Å². The third-order valence-corrected chi connectivity index (χ3v) is 11.4. The number of nitriles is 1. The number of anilines is 3. The molecule has 18 heteroatoms. The molecule has 3 saturated heterocycles. The van der Waals surface area contributed by atoms with E-state index in [-0.39, 0.29) is 60.3 Å². The highest BCUT2D eigenvalue weighted by atomic mass is 32.1. The second kappa shape index (κ2) is 16.9. The molecule has 304 valence electrons. The summed E-state index contributed by atoms with van der Waals surface area (Å²) in [7, 11) is 0. The third-order valence-electron chi connectivity index (χ3n) is 11.0. The molecule has 1 saturated carbocycles. The highest BCUT2D eigenvalue weighted by Crippen LogP contribution is 2.37. The van der Waals surface area contributed by atoms with Gasteiger partial charge < -0.3 is 15.0 Å². The maximum Gasteiger partial charge on any atom is 0.417 e. The minimum Gasteiger partial charge on any atom is -0.378 e. The van der Waals surface area contributed by atoms with Crippen molar-refractivity contribution in [1.29, 1.82) is 5.26 Å². The summed E-state index contributed by atoms with van der Waals surface area (Å²) in [5.74, 6) is -0.648. The lowest BCUT2D eigenvalue weighted by Gasteiger charge is -2.44. The molecule has 3 aliphatic heterocycles. The number of imide groups is 1. The molecule has 0 unspecified atom stereocenters. The highest BCUT2D eigenvalue weighted by Gasteiger charge is 2.57. The van der Waals surface area contributed by atoms with E-state index < -0.39 is 34.8 Å². The topological polar surface area (TPSA) is 154 Å². The zero-order chi connectivity index (χ0) is 41.2. The van der Waals surface area contributed by atoms with Gasteiger partial charge in [-0.05, 0) is 71.2 Å². The van der Waals surface area contributed by atoms with Crippen LogP contribution in [0.1, 0.15) is 77.3 Å². The van der Waals surface area contributed by atoms with Crippen LogP contribution in [-0.4, -0.2) is 117 Å². The molecule has 0 radical (unpaired) electrons. The molecule has 0 spiro atoms. The van der Waals surface area contributed by atoms with Gasteiger partial charge in [0, 0.05) is 88.6 Å². The van der Waals surface area contributed by atoms with E-state index in [1.165, 1.54) is 17.2 Å². The molecule has 5 amide bonds. The van der Waals surface area contributed by atoms with Gasteiger partial charge in [-0.1, -0.05) is 0 Å². The van der Waals surface area contributed by atoms with Crippen LogP contribution in [0.25, 0.3) is 0 Å². The number of hydrogen-bond acceptors (Lipinski definition) is 10. The zero-order valence-electron chi connectivity index (χ0n) is 32.4. The van der Waals surface area contributed by atoms with E-state index in [4.69, 9.17) is 17.0 Å². The third kappa shape index (κ3) is 9.17. The number of pyridine rings is 1. The molecule has 2 N–H and O–H groups in total. The van der Waals surface area contributed by atoms with Gasteiger partial charge in [0.15, 0.2) is 0 Å². The van der Waals surface area contributed by atoms with Gasteiger partial charge in [0.1, 0.15) is 11.5 Å². The van der Waals surface area contributed by atoms with Crippen molar-refractivity contribution >= 4 is 64.0 Å². The average Bonchev–Trinajstić information content (AvgIpc) is 3.33. The van der Waals surface area contributed by atoms with Crippen molar-refractivity contribution in [2.75, 3.05) is 54.4 Å². The Morgan fingerprint density at radius 2 is 1.79 bits per heavy atom. The SMILES string of the molecule is C[C@@H]1CN(CCCOC2CCC(=[N+]3C(=S)N(c4ccc(C#N)c(C(F)(F)F)c4)C(=O)C3(C)C)CC2)C[C@H](C)N1CC(=O)Nc1cc(N2CCC(=O)NC2=O)ccn1. The van der Waals surface area contributed by atoms with E-state index in [0.717, 1.165) is 61.6 Å². The monoisotopic (exact) mass is 810 g/mol. The predicted molar refractivity (Wildman–Crippen MR) is 209 cm³/mol. The van der Waals surface area contributed by atoms with Crippen molar-refractivity contribution in [2.24, 2.45) is 0 Å². The molecule has 2 aromatic rings. The van der Waals surface area contributed by atoms with Gasteiger partial charge in [-0.3, -0.25) is 24.7 Å². The normalized spacial score (nSPS) is 23.5. The Morgan fingerprint density at radius 1 is 1.09 bits per heavy atom. The summed E-state index contributed by atoms with van der Waals surface area (Å²) >= 11 is 5.71. The van der Waals surface area contributed by atoms with Crippen molar-refractivity contribution in [3.05, 3.63) is 47.7 Å². The van der Waals surface area contributed by atoms with E-state index in [0.29, 0.717) is 31.0 Å². The molecule has 57 heavy (non-hydrogen) atoms. The van der Waals surface area contributed by atoms with Crippen LogP contribution in [0, 0.1) is 11.3 Å². The number of hydrogen-bond donors (Lipinski definition) is 2. The zero-order valence-corrected chi connectivity index (χ0v) is 33.2. The summed E-state index contributed by atoms with van der Waals surface area (Å²) in [6, 6.07) is 7.76. The minimum atomic E-state index is -4.77. The van der Waals surface area contributed by atoms with Gasteiger partial charge in [-0.25, -0.2) is 19.1 Å². The van der Waals surface area contributed by atoms with Crippen LogP contribution in [0.15, 0.2) is 36.5 Å². The Balaban J connectivity index is 0.951. The van der Waals surface area contributed by atoms with E-state index in [1.54, 1.807) is 36.6 Å². The number of aromatic nitrogens is 1. The fraction of sp³-hybridized carbons (Fsp3) is 0.538. The summed E-state index contributed by atoms with van der Waals surface area (Å²) in [4.78, 5) is 61.8. The van der Waals surface area contributed by atoms with E-state index in [9.17, 15) is 37.6 Å². The molecule has 4 heterocycles. The number of thiocarbonyl (C=S) groups is 1. The molecule has 6 rings (SSSR count). The molecule has 0 bridgehead atoms. The van der Waals surface area contributed by atoms with Crippen molar-refractivity contribution in [2.45, 2.75) is 96.1 Å². The first-order valence-corrected chi connectivity index (χ1v) is 19.5. The number of piperazine rings is 1. The maximum atomic E-state index is 13.7. The van der Waals surface area contributed by atoms with Gasteiger partial charge in [0.2, 0.25) is 17.4 Å². The first-order chi connectivity index (χ1) is 27.0. The summed E-state index contributed by atoms with van der Waals surface area (Å²) in [5, 5.41) is 14.5. The molecule has 4 aliphatic rings. The standard InChI is InChI=1S/C39H46F3N9O5S/c1-24-21-47(22-25(2)49(24)23-34(53)45-32-19-28(12-14-44-32)48-16-13-33(52)46-36(48)55)15-5-17-56-30-10-8-27(9-11-30)51-37(57)50(35(54)38(51,3)4)29-7-6-26(20-43)31(18-29)39(40,41)42/h6-7,12,14,18-19,24-25,30H,5,8-11,13,15-17,21-23H2,1-4H3,(H-,44,45,46,52,53,55)/p+1/t24-,25+,30?. The largest absolute Gasteiger partial charge is 0.417 e. The van der Waals surface area contributed by atoms with Gasteiger partial charge in [-0.2, -0.15) is 18.4 Å². The number of amides is 5. The molecule has 1 aromatic heterocycles. The number of carbonyl (C=O) groups excluding carboxylic acids is 4. The van der Waals surface area contributed by atoms with Gasteiger partial charge in [0.25, 0.3) is 0 Å². The van der Waals surface area contributed by atoms with Crippen LogP contribution in [0.4, 0.5) is 35.2 Å². The second-order valence-electron chi connectivity index (χ2n) is 15.5. The number of urea groups is 1. The Bertz CT molecular complexity index is 2000. The van der Waals surface area contributed by atoms with E-state index in [1.807, 2.05) is 0 Å². The summed E-state index contributed by atoms with van der Waals surface area (Å²) in [6.45, 7) is 11.0. The maximum absolute atomic E-state index is 13.7. The molecule has 4 fully saturated rings. The van der Waals surface area contributed by atoms with Crippen LogP contribution in [0.5, 0.6) is 0 Å². The summed E-state index contributed by atoms with van der Waals surface area (Å²) in [6.07, 6.45) is 0.480. The van der Waals surface area contributed by atoms with Crippen molar-refractivity contribution in [3.63, 3.8) is 0 Å². The number of ether oxygens (including phenoxy) is 1. The summed E-state index contributed by atoms with van der Waals surface area (Å²) in [5.41, 5.74) is -1.29. The lowest BCUT2D eigenvalue weighted by Crippen LogP contribution is -2.58. The van der Waals surface area contributed by atoms with Crippen LogP contribution in [-0.2, 0) is 25.3 Å². The fourth-order valence-corrected chi connectivity index (χ4v) is 8.73. The summed E-state index contributed by atoms with van der Waals surface area (Å²) < 4.78 is 49.2.